The number of aromatic nitrogens is 1. The fourth-order valence-corrected chi connectivity index (χ4v) is 6.57. The number of fused-ring (bicyclic) bond motifs is 5. The average molecular weight is 481 g/mol. The largest absolute Gasteiger partial charge is 0.494 e. The normalized spacial score (nSPS) is 16.3. The van der Waals surface area contributed by atoms with E-state index in [1.54, 1.807) is 4.90 Å². The van der Waals surface area contributed by atoms with Gasteiger partial charge in [0.05, 0.1) is 35.3 Å². The van der Waals surface area contributed by atoms with E-state index in [0.29, 0.717) is 17.4 Å². The Bertz CT molecular complexity index is 1240. The summed E-state index contributed by atoms with van der Waals surface area (Å²) in [6, 6.07) is 8.04. The maximum absolute atomic E-state index is 13.3. The zero-order chi connectivity index (χ0) is 23.8. The molecule has 180 valence electrons. The number of amides is 1. The van der Waals surface area contributed by atoms with E-state index >= 15 is 0 Å². The van der Waals surface area contributed by atoms with Crippen LogP contribution in [0.25, 0.3) is 21.5 Å². The minimum absolute atomic E-state index is 0.0172. The van der Waals surface area contributed by atoms with E-state index in [1.165, 1.54) is 43.3 Å². The molecule has 34 heavy (non-hydrogen) atoms. The van der Waals surface area contributed by atoms with Crippen LogP contribution < -0.4 is 9.64 Å². The lowest BCUT2D eigenvalue weighted by Crippen LogP contribution is -2.28. The van der Waals surface area contributed by atoms with Gasteiger partial charge in [-0.3, -0.25) is 4.79 Å². The summed E-state index contributed by atoms with van der Waals surface area (Å²) < 4.78 is 14.2. The van der Waals surface area contributed by atoms with Gasteiger partial charge in [-0.2, -0.15) is 0 Å². The molecule has 0 bridgehead atoms. The van der Waals surface area contributed by atoms with Crippen LogP contribution in [0.2, 0.25) is 0 Å². The zero-order valence-corrected chi connectivity index (χ0v) is 21.0. The molecule has 1 saturated carbocycles. The van der Waals surface area contributed by atoms with Gasteiger partial charge in [-0.25, -0.2) is 4.79 Å². The lowest BCUT2D eigenvalue weighted by Gasteiger charge is -2.24. The molecule has 1 aromatic carbocycles. The van der Waals surface area contributed by atoms with E-state index < -0.39 is 0 Å². The fraction of sp³-hybridized carbons (Fsp3) is 0.481. The number of likely N-dealkylation sites (N-methyl/N-ethyl adjacent to an activating group) is 1. The number of carbonyl (C=O) groups is 2. The average Bonchev–Trinajstić information content (AvgIpc) is 3.39. The van der Waals surface area contributed by atoms with Crippen molar-refractivity contribution in [3.05, 3.63) is 34.7 Å². The minimum Gasteiger partial charge on any atom is -0.494 e. The van der Waals surface area contributed by atoms with E-state index in [4.69, 9.17) is 9.47 Å². The Kier molecular flexibility index (Phi) is 6.38. The van der Waals surface area contributed by atoms with Crippen molar-refractivity contribution in [1.82, 2.24) is 4.57 Å². The van der Waals surface area contributed by atoms with Gasteiger partial charge in [0.1, 0.15) is 17.2 Å². The number of thiophene rings is 1. The van der Waals surface area contributed by atoms with Gasteiger partial charge in [0.2, 0.25) is 5.91 Å². The molecule has 1 fully saturated rings. The van der Waals surface area contributed by atoms with Gasteiger partial charge in [0, 0.05) is 18.7 Å². The molecular weight excluding hydrogens is 448 g/mol. The molecule has 0 saturated heterocycles. The topological polar surface area (TPSA) is 60.8 Å². The second kappa shape index (κ2) is 9.45. The Morgan fingerprint density at radius 2 is 1.97 bits per heavy atom. The molecule has 0 N–H and O–H groups in total. The van der Waals surface area contributed by atoms with Crippen LogP contribution in [-0.2, 0) is 16.1 Å². The van der Waals surface area contributed by atoms with Crippen molar-refractivity contribution >= 4 is 39.1 Å². The van der Waals surface area contributed by atoms with Crippen molar-refractivity contribution in [3.63, 3.8) is 0 Å². The lowest BCUT2D eigenvalue weighted by atomic mass is 9.83. The van der Waals surface area contributed by atoms with Gasteiger partial charge >= 0.3 is 5.97 Å². The number of methoxy groups -OCH3 is 1. The van der Waals surface area contributed by atoms with Crippen molar-refractivity contribution in [2.75, 3.05) is 25.7 Å². The maximum Gasteiger partial charge on any atom is 0.348 e. The summed E-state index contributed by atoms with van der Waals surface area (Å²) in [6.45, 7) is 3.06. The molecule has 3 heterocycles. The van der Waals surface area contributed by atoms with Crippen LogP contribution in [0, 0.1) is 0 Å². The van der Waals surface area contributed by atoms with Crippen LogP contribution in [0.4, 0.5) is 5.69 Å². The molecule has 2 aromatic heterocycles. The first-order valence-corrected chi connectivity index (χ1v) is 13.1. The Labute approximate surface area is 204 Å². The highest BCUT2D eigenvalue weighted by Gasteiger charge is 2.33. The number of anilines is 1. The number of carbonyl (C=O) groups excluding carboxylic acids is 2. The smallest absolute Gasteiger partial charge is 0.348 e. The minimum atomic E-state index is -0.323. The van der Waals surface area contributed by atoms with Gasteiger partial charge < -0.3 is 18.9 Å². The van der Waals surface area contributed by atoms with E-state index in [0.717, 1.165) is 58.6 Å². The van der Waals surface area contributed by atoms with Gasteiger partial charge in [-0.05, 0) is 48.9 Å². The number of benzene rings is 1. The van der Waals surface area contributed by atoms with Crippen molar-refractivity contribution in [3.8, 4) is 17.0 Å². The SMILES string of the molecule is CCCCOc1ccc2c(c1)N(C)C(=O)Cn1c-2c(C2CCCCC2)c2sc(C(=O)OC)cc21. The van der Waals surface area contributed by atoms with Crippen molar-refractivity contribution in [2.24, 2.45) is 0 Å². The number of hydrogen-bond acceptors (Lipinski definition) is 5. The van der Waals surface area contributed by atoms with Crippen molar-refractivity contribution in [2.45, 2.75) is 64.3 Å². The zero-order valence-electron chi connectivity index (χ0n) is 20.2. The summed E-state index contributed by atoms with van der Waals surface area (Å²) in [5.74, 6) is 0.907. The Morgan fingerprint density at radius 1 is 1.18 bits per heavy atom. The van der Waals surface area contributed by atoms with Gasteiger partial charge in [0.25, 0.3) is 0 Å². The Balaban J connectivity index is 1.72. The van der Waals surface area contributed by atoms with Crippen LogP contribution in [0.1, 0.15) is 73.0 Å². The summed E-state index contributed by atoms with van der Waals surface area (Å²) in [6.07, 6.45) is 8.03. The standard InChI is InChI=1S/C27H32N2O4S/c1-4-5-13-33-18-11-12-19-20(14-18)28(2)23(30)16-29-21-15-22(27(31)32-3)34-26(21)24(25(19)29)17-9-7-6-8-10-17/h11-12,14-15,17H,4-10,13,16H2,1-3H3. The van der Waals surface area contributed by atoms with E-state index in [1.807, 2.05) is 25.2 Å². The summed E-state index contributed by atoms with van der Waals surface area (Å²) in [4.78, 5) is 28.0. The highest BCUT2D eigenvalue weighted by Crippen LogP contribution is 2.49. The third-order valence-electron chi connectivity index (χ3n) is 7.19. The molecule has 6 nitrogen and oxygen atoms in total. The fourth-order valence-electron chi connectivity index (χ4n) is 5.36. The predicted octanol–water partition coefficient (Wildman–Crippen LogP) is 6.36. The van der Waals surface area contributed by atoms with Gasteiger partial charge in [0.15, 0.2) is 0 Å². The molecular formula is C27H32N2O4S. The molecule has 1 aliphatic carbocycles. The highest BCUT2D eigenvalue weighted by atomic mass is 32.1. The first-order valence-electron chi connectivity index (χ1n) is 12.3. The molecule has 2 aliphatic rings. The highest BCUT2D eigenvalue weighted by molar-refractivity contribution is 7.21. The summed E-state index contributed by atoms with van der Waals surface area (Å²) >= 11 is 1.50. The molecule has 3 aromatic rings. The second-order valence-electron chi connectivity index (χ2n) is 9.33. The molecule has 1 aliphatic heterocycles. The monoisotopic (exact) mass is 480 g/mol. The first kappa shape index (κ1) is 23.0. The Hall–Kier alpha value is -2.80. The van der Waals surface area contributed by atoms with E-state index in [2.05, 4.69) is 17.6 Å². The third-order valence-corrected chi connectivity index (χ3v) is 8.33. The molecule has 0 radical (unpaired) electrons. The van der Waals surface area contributed by atoms with E-state index in [-0.39, 0.29) is 18.4 Å². The predicted molar refractivity (Wildman–Crippen MR) is 136 cm³/mol. The number of hydrogen-bond donors (Lipinski definition) is 0. The first-order chi connectivity index (χ1) is 16.5. The quantitative estimate of drug-likeness (QED) is 0.304. The molecule has 0 atom stereocenters. The second-order valence-corrected chi connectivity index (χ2v) is 10.4. The molecule has 1 amide bonds. The maximum atomic E-state index is 13.3. The molecule has 5 rings (SSSR count). The van der Waals surface area contributed by atoms with Gasteiger partial charge in [-0.1, -0.05) is 32.6 Å². The van der Waals surface area contributed by atoms with Crippen molar-refractivity contribution < 1.29 is 19.1 Å². The van der Waals surface area contributed by atoms with Crippen LogP contribution >= 0.6 is 11.3 Å². The third kappa shape index (κ3) is 3.90. The van der Waals surface area contributed by atoms with Crippen LogP contribution in [0.5, 0.6) is 5.75 Å². The molecule has 0 unspecified atom stereocenters. The molecule has 7 heteroatoms. The van der Waals surface area contributed by atoms with E-state index in [9.17, 15) is 9.59 Å². The van der Waals surface area contributed by atoms with Crippen LogP contribution in [-0.4, -0.2) is 37.2 Å². The summed E-state index contributed by atoms with van der Waals surface area (Å²) in [5, 5.41) is 0. The Morgan fingerprint density at radius 3 is 2.71 bits per heavy atom. The van der Waals surface area contributed by atoms with Gasteiger partial charge in [-0.15, -0.1) is 11.3 Å². The van der Waals surface area contributed by atoms with Crippen LogP contribution in [0.3, 0.4) is 0 Å². The number of esters is 1. The summed E-state index contributed by atoms with van der Waals surface area (Å²) in [5.41, 5.74) is 5.31. The number of unbranched alkanes of at least 4 members (excludes halogenated alkanes) is 1. The van der Waals surface area contributed by atoms with Crippen LogP contribution in [0.15, 0.2) is 24.3 Å². The number of rotatable bonds is 6. The number of ether oxygens (including phenoxy) is 2. The molecule has 0 spiro atoms. The summed E-state index contributed by atoms with van der Waals surface area (Å²) in [7, 11) is 3.26. The number of nitrogens with zero attached hydrogens (tertiary/aromatic N) is 2. The van der Waals surface area contributed by atoms with Crippen molar-refractivity contribution in [1.29, 1.82) is 0 Å². The lowest BCUT2D eigenvalue weighted by molar-refractivity contribution is -0.118.